The third kappa shape index (κ3) is 1.46. The van der Waals surface area contributed by atoms with Gasteiger partial charge < -0.3 is 16.6 Å². The number of fused-ring (bicyclic) bond motifs is 1. The smallest absolute Gasteiger partial charge is 0.335 e. The number of aromatic carboxylic acids is 1. The van der Waals surface area contributed by atoms with Crippen LogP contribution < -0.4 is 11.5 Å². The molecular formula is C11H10N2O2. The van der Waals surface area contributed by atoms with Gasteiger partial charge in [-0.2, -0.15) is 0 Å². The predicted octanol–water partition coefficient (Wildman–Crippen LogP) is 1.70. The van der Waals surface area contributed by atoms with E-state index in [9.17, 15) is 4.79 Å². The van der Waals surface area contributed by atoms with E-state index in [1.54, 1.807) is 24.3 Å². The van der Waals surface area contributed by atoms with Crippen LogP contribution in [0.25, 0.3) is 10.8 Å². The highest BCUT2D eigenvalue weighted by molar-refractivity contribution is 6.01. The summed E-state index contributed by atoms with van der Waals surface area (Å²) in [6.07, 6.45) is 0. The first-order chi connectivity index (χ1) is 7.09. The maximum atomic E-state index is 10.7. The van der Waals surface area contributed by atoms with Gasteiger partial charge in [0, 0.05) is 5.39 Å². The zero-order valence-electron chi connectivity index (χ0n) is 7.90. The van der Waals surface area contributed by atoms with Crippen LogP contribution in [0, 0.1) is 0 Å². The molecule has 0 spiro atoms. The molecule has 0 saturated carbocycles. The minimum absolute atomic E-state index is 0.242. The fraction of sp³-hybridized carbons (Fsp3) is 0. The van der Waals surface area contributed by atoms with E-state index in [1.165, 1.54) is 6.07 Å². The number of hydrogen-bond donors (Lipinski definition) is 3. The van der Waals surface area contributed by atoms with Crippen molar-refractivity contribution in [2.24, 2.45) is 0 Å². The summed E-state index contributed by atoms with van der Waals surface area (Å²) in [5, 5.41) is 10.4. The van der Waals surface area contributed by atoms with Gasteiger partial charge in [-0.25, -0.2) is 4.79 Å². The minimum Gasteiger partial charge on any atom is -0.478 e. The topological polar surface area (TPSA) is 89.3 Å². The molecule has 2 aromatic carbocycles. The Hall–Kier alpha value is -2.23. The lowest BCUT2D eigenvalue weighted by atomic mass is 10.0. The van der Waals surface area contributed by atoms with Crippen molar-refractivity contribution < 1.29 is 9.90 Å². The van der Waals surface area contributed by atoms with Crippen LogP contribution >= 0.6 is 0 Å². The van der Waals surface area contributed by atoms with E-state index in [4.69, 9.17) is 16.6 Å². The summed E-state index contributed by atoms with van der Waals surface area (Å²) in [6.45, 7) is 0. The van der Waals surface area contributed by atoms with Crippen molar-refractivity contribution in [1.29, 1.82) is 0 Å². The number of nitrogen functional groups attached to an aromatic ring is 2. The Bertz CT molecular complexity index is 550. The molecular weight excluding hydrogens is 192 g/mol. The second-order valence-electron chi connectivity index (χ2n) is 3.31. The number of rotatable bonds is 1. The van der Waals surface area contributed by atoms with Gasteiger partial charge in [0.1, 0.15) is 0 Å². The molecule has 2 aromatic rings. The van der Waals surface area contributed by atoms with E-state index >= 15 is 0 Å². The number of carboxylic acid groups (broad SMARTS) is 1. The molecule has 0 unspecified atom stereocenters. The van der Waals surface area contributed by atoms with E-state index in [1.807, 2.05) is 0 Å². The minimum atomic E-state index is -0.952. The first-order valence-corrected chi connectivity index (χ1v) is 4.40. The van der Waals surface area contributed by atoms with Crippen LogP contribution in [0.1, 0.15) is 10.4 Å². The van der Waals surface area contributed by atoms with E-state index in [-0.39, 0.29) is 5.56 Å². The molecule has 4 nitrogen and oxygen atoms in total. The molecule has 76 valence electrons. The Morgan fingerprint density at radius 2 is 1.87 bits per heavy atom. The van der Waals surface area contributed by atoms with Crippen molar-refractivity contribution in [2.75, 3.05) is 11.5 Å². The van der Waals surface area contributed by atoms with Gasteiger partial charge in [0.2, 0.25) is 0 Å². The molecule has 0 amide bonds. The van der Waals surface area contributed by atoms with Crippen LogP contribution in [0.15, 0.2) is 30.3 Å². The maximum Gasteiger partial charge on any atom is 0.335 e. The highest BCUT2D eigenvalue weighted by atomic mass is 16.4. The van der Waals surface area contributed by atoms with E-state index in [2.05, 4.69) is 0 Å². The van der Waals surface area contributed by atoms with Gasteiger partial charge in [0.15, 0.2) is 0 Å². The largest absolute Gasteiger partial charge is 0.478 e. The maximum absolute atomic E-state index is 10.7. The van der Waals surface area contributed by atoms with Crippen molar-refractivity contribution in [2.45, 2.75) is 0 Å². The summed E-state index contributed by atoms with van der Waals surface area (Å²) in [4.78, 5) is 10.7. The van der Waals surface area contributed by atoms with Crippen molar-refractivity contribution in [1.82, 2.24) is 0 Å². The predicted molar refractivity (Wildman–Crippen MR) is 59.7 cm³/mol. The van der Waals surface area contributed by atoms with Crippen LogP contribution in [0.2, 0.25) is 0 Å². The molecule has 0 fully saturated rings. The summed E-state index contributed by atoms with van der Waals surface area (Å²) in [5.74, 6) is -0.952. The molecule has 0 heterocycles. The summed E-state index contributed by atoms with van der Waals surface area (Å²) in [7, 11) is 0. The number of anilines is 2. The van der Waals surface area contributed by atoms with Gasteiger partial charge in [-0.05, 0) is 23.6 Å². The average Bonchev–Trinajstić information content (AvgIpc) is 2.23. The molecule has 0 aliphatic heterocycles. The third-order valence-electron chi connectivity index (χ3n) is 2.34. The molecule has 15 heavy (non-hydrogen) atoms. The highest BCUT2D eigenvalue weighted by Crippen LogP contribution is 2.27. The van der Waals surface area contributed by atoms with Gasteiger partial charge in [0.25, 0.3) is 0 Å². The summed E-state index contributed by atoms with van der Waals surface area (Å²) in [5.41, 5.74) is 12.7. The molecule has 0 aliphatic rings. The van der Waals surface area contributed by atoms with Gasteiger partial charge in [-0.1, -0.05) is 12.1 Å². The zero-order chi connectivity index (χ0) is 11.0. The molecule has 2 rings (SSSR count). The number of hydrogen-bond acceptors (Lipinski definition) is 3. The molecule has 5 N–H and O–H groups in total. The Labute approximate surface area is 86.1 Å². The van der Waals surface area contributed by atoms with Gasteiger partial charge in [-0.15, -0.1) is 0 Å². The Kier molecular flexibility index (Phi) is 1.97. The van der Waals surface area contributed by atoms with Crippen LogP contribution in [-0.4, -0.2) is 11.1 Å². The summed E-state index contributed by atoms with van der Waals surface area (Å²) < 4.78 is 0. The highest BCUT2D eigenvalue weighted by Gasteiger charge is 2.06. The van der Waals surface area contributed by atoms with E-state index < -0.39 is 5.97 Å². The van der Waals surface area contributed by atoms with Crippen molar-refractivity contribution in [3.05, 3.63) is 35.9 Å². The van der Waals surface area contributed by atoms with Crippen LogP contribution in [0.3, 0.4) is 0 Å². The van der Waals surface area contributed by atoms with Crippen molar-refractivity contribution >= 4 is 28.1 Å². The van der Waals surface area contributed by atoms with Gasteiger partial charge in [0.05, 0.1) is 16.9 Å². The number of carbonyl (C=O) groups is 1. The van der Waals surface area contributed by atoms with Gasteiger partial charge in [-0.3, -0.25) is 0 Å². The standard InChI is InChI=1S/C11H10N2O2/c12-9-4-2-6-5-7(11(14)15)1-3-8(6)10(9)13/h1-5H,12-13H2,(H,14,15). The molecule has 0 saturated heterocycles. The Morgan fingerprint density at radius 3 is 2.53 bits per heavy atom. The zero-order valence-corrected chi connectivity index (χ0v) is 7.90. The molecule has 0 aromatic heterocycles. The van der Waals surface area contributed by atoms with E-state index in [0.29, 0.717) is 11.4 Å². The number of carboxylic acids is 1. The SMILES string of the molecule is Nc1ccc2cc(C(=O)O)ccc2c1N. The molecule has 0 radical (unpaired) electrons. The third-order valence-corrected chi connectivity index (χ3v) is 2.34. The Morgan fingerprint density at radius 1 is 1.13 bits per heavy atom. The first kappa shape index (κ1) is 9.33. The molecule has 0 aliphatic carbocycles. The lowest BCUT2D eigenvalue weighted by molar-refractivity contribution is 0.0697. The van der Waals surface area contributed by atoms with Crippen LogP contribution in [0.5, 0.6) is 0 Å². The first-order valence-electron chi connectivity index (χ1n) is 4.40. The average molecular weight is 202 g/mol. The monoisotopic (exact) mass is 202 g/mol. The second kappa shape index (κ2) is 3.16. The normalized spacial score (nSPS) is 10.4. The van der Waals surface area contributed by atoms with E-state index in [0.717, 1.165) is 10.8 Å². The second-order valence-corrected chi connectivity index (χ2v) is 3.31. The fourth-order valence-corrected chi connectivity index (χ4v) is 1.50. The summed E-state index contributed by atoms with van der Waals surface area (Å²) in [6, 6.07) is 8.19. The fourth-order valence-electron chi connectivity index (χ4n) is 1.50. The summed E-state index contributed by atoms with van der Waals surface area (Å²) >= 11 is 0. The lowest BCUT2D eigenvalue weighted by Gasteiger charge is -2.05. The van der Waals surface area contributed by atoms with Crippen LogP contribution in [-0.2, 0) is 0 Å². The van der Waals surface area contributed by atoms with Crippen molar-refractivity contribution in [3.63, 3.8) is 0 Å². The molecule has 0 atom stereocenters. The van der Waals surface area contributed by atoms with Crippen molar-refractivity contribution in [3.8, 4) is 0 Å². The lowest BCUT2D eigenvalue weighted by Crippen LogP contribution is -1.98. The quantitative estimate of drug-likeness (QED) is 0.614. The van der Waals surface area contributed by atoms with Crippen LogP contribution in [0.4, 0.5) is 11.4 Å². The number of benzene rings is 2. The Balaban J connectivity index is 2.75. The van der Waals surface area contributed by atoms with Gasteiger partial charge >= 0.3 is 5.97 Å². The molecule has 4 heteroatoms. The molecule has 0 bridgehead atoms. The number of nitrogens with two attached hydrogens (primary N) is 2.